The van der Waals surface area contributed by atoms with Crippen LogP contribution in [-0.2, 0) is 9.63 Å². The van der Waals surface area contributed by atoms with Crippen molar-refractivity contribution in [1.29, 1.82) is 0 Å². The molecule has 0 saturated carbocycles. The molecule has 0 atom stereocenters. The first-order chi connectivity index (χ1) is 5.88. The maximum atomic E-state index is 10.4. The zero-order valence-electron chi connectivity index (χ0n) is 6.65. The lowest BCUT2D eigenvalue weighted by atomic mass is 10.1. The predicted octanol–water partition coefficient (Wildman–Crippen LogP) is 1.15. The number of benzene rings is 1. The molecule has 0 saturated heterocycles. The summed E-state index contributed by atoms with van der Waals surface area (Å²) in [5.41, 5.74) is 0.882. The molecule has 0 aliphatic heterocycles. The van der Waals surface area contributed by atoms with Crippen molar-refractivity contribution in [3.63, 3.8) is 0 Å². The summed E-state index contributed by atoms with van der Waals surface area (Å²) in [6.07, 6.45) is 1.69. The van der Waals surface area contributed by atoms with Gasteiger partial charge in [0.15, 0.2) is 5.71 Å². The van der Waals surface area contributed by atoms with Gasteiger partial charge in [0.05, 0.1) is 0 Å². The van der Waals surface area contributed by atoms with E-state index in [9.17, 15) is 4.79 Å². The summed E-state index contributed by atoms with van der Waals surface area (Å²) < 4.78 is 0. The van der Waals surface area contributed by atoms with Gasteiger partial charge in [0, 0.05) is 5.56 Å². The van der Waals surface area contributed by atoms with Crippen LogP contribution in [0.4, 0.5) is 0 Å². The second kappa shape index (κ2) is 4.28. The van der Waals surface area contributed by atoms with E-state index < -0.39 is 0 Å². The maximum Gasteiger partial charge on any atom is 0.257 e. The molecule has 0 aliphatic carbocycles. The minimum absolute atomic E-state index is 0.179. The third kappa shape index (κ3) is 1.92. The lowest BCUT2D eigenvalue weighted by Gasteiger charge is -1.95. The molecule has 0 bridgehead atoms. The molecule has 1 aromatic rings. The first-order valence-corrected chi connectivity index (χ1v) is 3.43. The van der Waals surface area contributed by atoms with Gasteiger partial charge in [0.2, 0.25) is 0 Å². The maximum absolute atomic E-state index is 10.4. The first-order valence-electron chi connectivity index (χ1n) is 3.43. The quantitative estimate of drug-likeness (QED) is 0.494. The third-order valence-corrected chi connectivity index (χ3v) is 1.33. The molecule has 0 fully saturated rings. The molecule has 61 valence electrons. The summed E-state index contributed by atoms with van der Waals surface area (Å²) >= 11 is 0. The Morgan fingerprint density at radius 2 is 2.08 bits per heavy atom. The van der Waals surface area contributed by atoms with Gasteiger partial charge in [-0.25, -0.2) is 0 Å². The van der Waals surface area contributed by atoms with E-state index >= 15 is 0 Å². The second-order valence-electron chi connectivity index (χ2n) is 2.09. The molecule has 1 radical (unpaired) electrons. The molecular formula is C9H8NO2. The van der Waals surface area contributed by atoms with Crippen molar-refractivity contribution in [2.24, 2.45) is 5.16 Å². The molecule has 3 nitrogen and oxygen atoms in total. The van der Waals surface area contributed by atoms with Gasteiger partial charge in [-0.05, 0) is 0 Å². The van der Waals surface area contributed by atoms with Gasteiger partial charge in [-0.3, -0.25) is 4.79 Å². The van der Waals surface area contributed by atoms with Crippen molar-refractivity contribution < 1.29 is 9.63 Å². The van der Waals surface area contributed by atoms with Crippen LogP contribution in [0.2, 0.25) is 0 Å². The Kier molecular flexibility index (Phi) is 3.02. The molecule has 0 aliphatic rings. The average Bonchev–Trinajstić information content (AvgIpc) is 2.15. The fourth-order valence-corrected chi connectivity index (χ4v) is 0.818. The van der Waals surface area contributed by atoms with Crippen molar-refractivity contribution in [3.05, 3.63) is 35.9 Å². The van der Waals surface area contributed by atoms with Crippen LogP contribution in [0.1, 0.15) is 5.56 Å². The highest BCUT2D eigenvalue weighted by Crippen LogP contribution is 1.99. The van der Waals surface area contributed by atoms with E-state index in [0.29, 0.717) is 5.56 Å². The molecule has 1 aromatic carbocycles. The Bertz CT molecular complexity index is 280. The Hall–Kier alpha value is -1.64. The SMILES string of the molecule is CON=C([C]=O)c1ccccc1. The number of nitrogens with zero attached hydrogens (tertiary/aromatic N) is 1. The third-order valence-electron chi connectivity index (χ3n) is 1.33. The molecule has 0 unspecified atom stereocenters. The second-order valence-corrected chi connectivity index (χ2v) is 2.09. The minimum Gasteiger partial charge on any atom is -0.399 e. The lowest BCUT2D eigenvalue weighted by Crippen LogP contribution is -2.01. The van der Waals surface area contributed by atoms with E-state index in [2.05, 4.69) is 9.99 Å². The Balaban J connectivity index is 2.96. The molecule has 0 spiro atoms. The van der Waals surface area contributed by atoms with Gasteiger partial charge < -0.3 is 4.84 Å². The standard InChI is InChI=1S/C9H8NO2/c1-12-10-9(7-11)8-5-3-2-4-6-8/h2-6H,1H3. The van der Waals surface area contributed by atoms with Crippen LogP contribution in [0.15, 0.2) is 35.5 Å². The van der Waals surface area contributed by atoms with Gasteiger partial charge in [0.1, 0.15) is 7.11 Å². The fourth-order valence-electron chi connectivity index (χ4n) is 0.818. The van der Waals surface area contributed by atoms with Gasteiger partial charge in [0.25, 0.3) is 6.29 Å². The monoisotopic (exact) mass is 162 g/mol. The molecular weight excluding hydrogens is 154 g/mol. The minimum atomic E-state index is 0.179. The summed E-state index contributed by atoms with van der Waals surface area (Å²) in [4.78, 5) is 14.8. The van der Waals surface area contributed by atoms with Crippen molar-refractivity contribution in [3.8, 4) is 0 Å². The number of hydrogen-bond acceptors (Lipinski definition) is 3. The smallest absolute Gasteiger partial charge is 0.257 e. The molecule has 1 rings (SSSR count). The van der Waals surface area contributed by atoms with Gasteiger partial charge >= 0.3 is 0 Å². The molecule has 12 heavy (non-hydrogen) atoms. The normalized spacial score (nSPS) is 10.9. The van der Waals surface area contributed by atoms with E-state index in [-0.39, 0.29) is 5.71 Å². The number of rotatable bonds is 3. The van der Waals surface area contributed by atoms with Crippen LogP contribution < -0.4 is 0 Å². The average molecular weight is 162 g/mol. The van der Waals surface area contributed by atoms with E-state index in [1.165, 1.54) is 7.11 Å². The predicted molar refractivity (Wildman–Crippen MR) is 45.7 cm³/mol. The zero-order valence-corrected chi connectivity index (χ0v) is 6.65. The van der Waals surface area contributed by atoms with Gasteiger partial charge in [-0.1, -0.05) is 35.5 Å². The van der Waals surface area contributed by atoms with Crippen molar-refractivity contribution >= 4 is 12.0 Å². The van der Waals surface area contributed by atoms with Crippen LogP contribution in [-0.4, -0.2) is 19.1 Å². The Labute approximate surface area is 70.7 Å². The van der Waals surface area contributed by atoms with E-state index in [0.717, 1.165) is 0 Å². The van der Waals surface area contributed by atoms with Crippen LogP contribution in [0, 0.1) is 0 Å². The molecule has 3 heteroatoms. The summed E-state index contributed by atoms with van der Waals surface area (Å²) in [6, 6.07) is 9.03. The summed E-state index contributed by atoms with van der Waals surface area (Å²) in [5, 5.41) is 3.51. The van der Waals surface area contributed by atoms with Crippen LogP contribution in [0.5, 0.6) is 0 Å². The number of carbonyl (C=O) groups excluding carboxylic acids is 1. The number of hydrogen-bond donors (Lipinski definition) is 0. The van der Waals surface area contributed by atoms with Crippen LogP contribution in [0.3, 0.4) is 0 Å². The summed E-state index contributed by atoms with van der Waals surface area (Å²) in [7, 11) is 1.39. The highest BCUT2D eigenvalue weighted by Gasteiger charge is 2.01. The number of oxime groups is 1. The molecule has 0 N–H and O–H groups in total. The molecule has 0 heterocycles. The van der Waals surface area contributed by atoms with Gasteiger partial charge in [-0.2, -0.15) is 0 Å². The first kappa shape index (κ1) is 8.46. The highest BCUT2D eigenvalue weighted by atomic mass is 16.6. The van der Waals surface area contributed by atoms with Crippen LogP contribution >= 0.6 is 0 Å². The topological polar surface area (TPSA) is 38.7 Å². The molecule has 0 amide bonds. The lowest BCUT2D eigenvalue weighted by molar-refractivity contribution is 0.214. The van der Waals surface area contributed by atoms with Gasteiger partial charge in [-0.15, -0.1) is 0 Å². The largest absolute Gasteiger partial charge is 0.399 e. The van der Waals surface area contributed by atoms with E-state index in [1.54, 1.807) is 18.4 Å². The van der Waals surface area contributed by atoms with E-state index in [4.69, 9.17) is 0 Å². The summed E-state index contributed by atoms with van der Waals surface area (Å²) in [6.45, 7) is 0. The van der Waals surface area contributed by atoms with Crippen LogP contribution in [0.25, 0.3) is 0 Å². The summed E-state index contributed by atoms with van der Waals surface area (Å²) in [5.74, 6) is 0. The van der Waals surface area contributed by atoms with Crippen molar-refractivity contribution in [1.82, 2.24) is 0 Å². The van der Waals surface area contributed by atoms with E-state index in [1.807, 2.05) is 18.2 Å². The Morgan fingerprint density at radius 3 is 2.58 bits per heavy atom. The zero-order chi connectivity index (χ0) is 8.81. The molecule has 0 aromatic heterocycles. The Morgan fingerprint density at radius 1 is 1.42 bits per heavy atom. The fraction of sp³-hybridized carbons (Fsp3) is 0.111. The van der Waals surface area contributed by atoms with Crippen molar-refractivity contribution in [2.75, 3.05) is 7.11 Å². The van der Waals surface area contributed by atoms with Crippen molar-refractivity contribution in [2.45, 2.75) is 0 Å². The highest BCUT2D eigenvalue weighted by molar-refractivity contribution is 6.36.